The molecule has 2 aromatic rings. The number of hydrogen-bond acceptors (Lipinski definition) is 4. The highest BCUT2D eigenvalue weighted by Gasteiger charge is 2.11. The lowest BCUT2D eigenvalue weighted by Gasteiger charge is -2.10. The summed E-state index contributed by atoms with van der Waals surface area (Å²) in [6.07, 6.45) is 0. The summed E-state index contributed by atoms with van der Waals surface area (Å²) >= 11 is 5.97. The van der Waals surface area contributed by atoms with Crippen LogP contribution in [0.15, 0.2) is 42.5 Å². The number of non-ortho nitro benzene ring substituents is 1. The Labute approximate surface area is 138 Å². The van der Waals surface area contributed by atoms with Crippen molar-refractivity contribution in [1.29, 1.82) is 0 Å². The van der Waals surface area contributed by atoms with Crippen molar-refractivity contribution >= 4 is 28.9 Å². The molecule has 0 saturated carbocycles. The van der Waals surface area contributed by atoms with Crippen LogP contribution >= 0.6 is 11.6 Å². The van der Waals surface area contributed by atoms with Gasteiger partial charge in [-0.2, -0.15) is 0 Å². The maximum absolute atomic E-state index is 11.6. The first-order valence-electron chi connectivity index (χ1n) is 6.89. The molecule has 2 rings (SSSR count). The number of hydrogen-bond donors (Lipinski definition) is 1. The minimum absolute atomic E-state index is 0.0721. The van der Waals surface area contributed by atoms with Crippen molar-refractivity contribution in [2.24, 2.45) is 5.92 Å². The van der Waals surface area contributed by atoms with E-state index in [0.717, 1.165) is 0 Å². The smallest absolute Gasteiger partial charge is 0.271 e. The first kappa shape index (κ1) is 16.8. The molecular weight excluding hydrogens is 320 g/mol. The fourth-order valence-corrected chi connectivity index (χ4v) is 1.92. The highest BCUT2D eigenvalue weighted by atomic mass is 35.5. The number of nitro groups is 1. The second-order valence-electron chi connectivity index (χ2n) is 5.14. The lowest BCUT2D eigenvalue weighted by atomic mass is 10.2. The average Bonchev–Trinajstić information content (AvgIpc) is 2.50. The van der Waals surface area contributed by atoms with Gasteiger partial charge in [0.25, 0.3) is 5.69 Å². The normalized spacial score (nSPS) is 10.4. The Morgan fingerprint density at radius 2 is 1.87 bits per heavy atom. The molecule has 23 heavy (non-hydrogen) atoms. The number of halogens is 1. The molecular formula is C16H15ClN2O4. The Balaban J connectivity index is 2.09. The number of nitro benzene ring substituents is 1. The maximum Gasteiger partial charge on any atom is 0.271 e. The summed E-state index contributed by atoms with van der Waals surface area (Å²) in [6.45, 7) is 3.62. The van der Waals surface area contributed by atoms with Crippen molar-refractivity contribution in [2.45, 2.75) is 13.8 Å². The maximum atomic E-state index is 11.6. The van der Waals surface area contributed by atoms with Crippen molar-refractivity contribution in [3.63, 3.8) is 0 Å². The number of anilines is 1. The number of carbonyl (C=O) groups is 1. The topological polar surface area (TPSA) is 81.5 Å². The van der Waals surface area contributed by atoms with Gasteiger partial charge in [-0.1, -0.05) is 25.4 Å². The molecule has 0 fully saturated rings. The molecule has 0 atom stereocenters. The Hall–Kier alpha value is -2.60. The Bertz CT molecular complexity index is 729. The minimum Gasteiger partial charge on any atom is -0.456 e. The first-order chi connectivity index (χ1) is 10.9. The van der Waals surface area contributed by atoms with E-state index in [1.165, 1.54) is 18.2 Å². The summed E-state index contributed by atoms with van der Waals surface area (Å²) < 4.78 is 5.58. The molecule has 1 amide bonds. The van der Waals surface area contributed by atoms with Gasteiger partial charge in [-0.15, -0.1) is 0 Å². The van der Waals surface area contributed by atoms with E-state index in [2.05, 4.69) is 5.32 Å². The first-order valence-corrected chi connectivity index (χ1v) is 7.27. The van der Waals surface area contributed by atoms with Gasteiger partial charge in [0.1, 0.15) is 11.5 Å². The van der Waals surface area contributed by atoms with Crippen LogP contribution in [0.4, 0.5) is 11.4 Å². The van der Waals surface area contributed by atoms with Crippen molar-refractivity contribution < 1.29 is 14.5 Å². The van der Waals surface area contributed by atoms with E-state index in [0.29, 0.717) is 17.2 Å². The van der Waals surface area contributed by atoms with Gasteiger partial charge in [0.15, 0.2) is 0 Å². The van der Waals surface area contributed by atoms with Crippen molar-refractivity contribution in [1.82, 2.24) is 0 Å². The van der Waals surface area contributed by atoms with Gasteiger partial charge in [0, 0.05) is 23.7 Å². The zero-order valence-electron chi connectivity index (χ0n) is 12.6. The SMILES string of the molecule is CC(C)C(=O)Nc1ccc(Oc2ccc([N+](=O)[O-])cc2Cl)cc1. The van der Waals surface area contributed by atoms with Crippen LogP contribution in [0.5, 0.6) is 11.5 Å². The van der Waals surface area contributed by atoms with Gasteiger partial charge in [0.05, 0.1) is 9.95 Å². The molecule has 120 valence electrons. The Morgan fingerprint density at radius 1 is 1.22 bits per heavy atom. The molecule has 0 heterocycles. The summed E-state index contributed by atoms with van der Waals surface area (Å²) in [4.78, 5) is 21.7. The number of rotatable bonds is 5. The molecule has 7 heteroatoms. The van der Waals surface area contributed by atoms with Gasteiger partial charge in [-0.05, 0) is 30.3 Å². The molecule has 1 N–H and O–H groups in total. The largest absolute Gasteiger partial charge is 0.456 e. The van der Waals surface area contributed by atoms with E-state index in [1.54, 1.807) is 24.3 Å². The number of amides is 1. The van der Waals surface area contributed by atoms with Crippen molar-refractivity contribution in [2.75, 3.05) is 5.32 Å². The number of carbonyl (C=O) groups excluding carboxylic acids is 1. The molecule has 0 aromatic heterocycles. The summed E-state index contributed by atoms with van der Waals surface area (Å²) in [5.74, 6) is 0.640. The van der Waals surface area contributed by atoms with Gasteiger partial charge < -0.3 is 10.1 Å². The van der Waals surface area contributed by atoms with Crippen LogP contribution in [0.25, 0.3) is 0 Å². The zero-order valence-corrected chi connectivity index (χ0v) is 13.3. The predicted octanol–water partition coefficient (Wildman–Crippen LogP) is 4.64. The van der Waals surface area contributed by atoms with Crippen LogP contribution in [-0.2, 0) is 4.79 Å². The predicted molar refractivity (Wildman–Crippen MR) is 88.1 cm³/mol. The van der Waals surface area contributed by atoms with Crippen LogP contribution in [0.2, 0.25) is 5.02 Å². The lowest BCUT2D eigenvalue weighted by molar-refractivity contribution is -0.384. The molecule has 0 aliphatic heterocycles. The van der Waals surface area contributed by atoms with Gasteiger partial charge in [-0.3, -0.25) is 14.9 Å². The van der Waals surface area contributed by atoms with E-state index >= 15 is 0 Å². The molecule has 0 bridgehead atoms. The van der Waals surface area contributed by atoms with Crippen LogP contribution in [-0.4, -0.2) is 10.8 Å². The quantitative estimate of drug-likeness (QED) is 0.638. The zero-order chi connectivity index (χ0) is 17.0. The Morgan fingerprint density at radius 3 is 2.39 bits per heavy atom. The summed E-state index contributed by atoms with van der Waals surface area (Å²) in [6, 6.07) is 10.7. The number of nitrogens with one attached hydrogen (secondary N) is 1. The second kappa shape index (κ2) is 7.11. The van der Waals surface area contributed by atoms with Gasteiger partial charge in [0.2, 0.25) is 5.91 Å². The molecule has 0 spiro atoms. The summed E-state index contributed by atoms with van der Waals surface area (Å²) in [5, 5.41) is 13.6. The molecule has 2 aromatic carbocycles. The summed E-state index contributed by atoms with van der Waals surface area (Å²) in [5.41, 5.74) is 0.556. The van der Waals surface area contributed by atoms with Crippen molar-refractivity contribution in [3.8, 4) is 11.5 Å². The van der Waals surface area contributed by atoms with E-state index in [1.807, 2.05) is 13.8 Å². The Kier molecular flexibility index (Phi) is 5.18. The van der Waals surface area contributed by atoms with E-state index in [-0.39, 0.29) is 22.5 Å². The third kappa shape index (κ3) is 4.43. The molecule has 0 radical (unpaired) electrons. The molecule has 0 aliphatic carbocycles. The van der Waals surface area contributed by atoms with Crippen molar-refractivity contribution in [3.05, 3.63) is 57.6 Å². The van der Waals surface area contributed by atoms with E-state index in [9.17, 15) is 14.9 Å². The standard InChI is InChI=1S/C16H15ClN2O4/c1-10(2)16(20)18-11-3-6-13(7-4-11)23-15-8-5-12(19(21)22)9-14(15)17/h3-10H,1-2H3,(H,18,20). The second-order valence-corrected chi connectivity index (χ2v) is 5.55. The van der Waals surface area contributed by atoms with E-state index < -0.39 is 4.92 Å². The van der Waals surface area contributed by atoms with Gasteiger partial charge >= 0.3 is 0 Å². The average molecular weight is 335 g/mol. The van der Waals surface area contributed by atoms with E-state index in [4.69, 9.17) is 16.3 Å². The number of nitrogens with zero attached hydrogens (tertiary/aromatic N) is 1. The third-order valence-electron chi connectivity index (χ3n) is 3.00. The highest BCUT2D eigenvalue weighted by molar-refractivity contribution is 6.32. The third-order valence-corrected chi connectivity index (χ3v) is 3.30. The number of ether oxygens (including phenoxy) is 1. The van der Waals surface area contributed by atoms with Crippen LogP contribution in [0.3, 0.4) is 0 Å². The molecule has 0 aliphatic rings. The highest BCUT2D eigenvalue weighted by Crippen LogP contribution is 2.32. The monoisotopic (exact) mass is 334 g/mol. The molecule has 6 nitrogen and oxygen atoms in total. The summed E-state index contributed by atoms with van der Waals surface area (Å²) in [7, 11) is 0. The fourth-order valence-electron chi connectivity index (χ4n) is 1.71. The van der Waals surface area contributed by atoms with Crippen LogP contribution in [0.1, 0.15) is 13.8 Å². The molecule has 0 unspecified atom stereocenters. The minimum atomic E-state index is -0.526. The molecule has 0 saturated heterocycles. The number of benzene rings is 2. The lowest BCUT2D eigenvalue weighted by Crippen LogP contribution is -2.17. The van der Waals surface area contributed by atoms with Crippen LogP contribution < -0.4 is 10.1 Å². The van der Waals surface area contributed by atoms with Crippen LogP contribution in [0, 0.1) is 16.0 Å². The van der Waals surface area contributed by atoms with Gasteiger partial charge in [-0.25, -0.2) is 0 Å². The fraction of sp³-hybridized carbons (Fsp3) is 0.188.